The molecule has 23 heavy (non-hydrogen) atoms. The molecule has 1 aromatic carbocycles. The molecular weight excluding hydrogens is 292 g/mol. The van der Waals surface area contributed by atoms with Crippen molar-refractivity contribution < 1.29 is 4.42 Å². The van der Waals surface area contributed by atoms with Gasteiger partial charge in [-0.05, 0) is 35.9 Å². The molecule has 0 aliphatic heterocycles. The zero-order valence-corrected chi connectivity index (χ0v) is 12.0. The molecule has 0 saturated heterocycles. The number of fused-ring (bicyclic) bond motifs is 1. The topological polar surface area (TPSA) is 83.8 Å². The van der Waals surface area contributed by atoms with Crippen molar-refractivity contribution in [1.82, 2.24) is 15.0 Å². The third-order valence-corrected chi connectivity index (χ3v) is 3.46. The summed E-state index contributed by atoms with van der Waals surface area (Å²) in [6.45, 7) is 0. The number of rotatable bonds is 3. The highest BCUT2D eigenvalue weighted by atomic mass is 16.4. The highest BCUT2D eigenvalue weighted by Crippen LogP contribution is 2.25. The second-order valence-corrected chi connectivity index (χ2v) is 5.05. The first-order valence-corrected chi connectivity index (χ1v) is 7.03. The van der Waals surface area contributed by atoms with Gasteiger partial charge in [0.1, 0.15) is 0 Å². The lowest BCUT2D eigenvalue weighted by Gasteiger charge is -2.07. The molecule has 6 heteroatoms. The van der Waals surface area contributed by atoms with Crippen molar-refractivity contribution in [2.24, 2.45) is 0 Å². The van der Waals surface area contributed by atoms with Crippen LogP contribution in [0.3, 0.4) is 0 Å². The Balaban J connectivity index is 1.70. The standard InChI is InChI=1S/C17H12N4O2/c22-17-21-15-2-1-11(8-16(15)23-17)12-7-14(10-19-9-12)20-13-3-5-18-6-4-13/h1-10H,(H,18,20)(H,21,22). The SMILES string of the molecule is O=c1[nH]c2ccc(-c3cncc(Nc4ccncc4)c3)cc2o1. The molecule has 4 aromatic rings. The lowest BCUT2D eigenvalue weighted by atomic mass is 10.1. The molecule has 112 valence electrons. The van der Waals surface area contributed by atoms with Crippen LogP contribution in [0.15, 0.2) is 70.4 Å². The lowest BCUT2D eigenvalue weighted by molar-refractivity contribution is 0.555. The van der Waals surface area contributed by atoms with Crippen molar-refractivity contribution in [2.75, 3.05) is 5.32 Å². The van der Waals surface area contributed by atoms with E-state index < -0.39 is 5.76 Å². The van der Waals surface area contributed by atoms with Crippen molar-refractivity contribution in [1.29, 1.82) is 0 Å². The van der Waals surface area contributed by atoms with Gasteiger partial charge in [0.25, 0.3) is 0 Å². The van der Waals surface area contributed by atoms with Gasteiger partial charge in [-0.3, -0.25) is 15.0 Å². The number of hydrogen-bond acceptors (Lipinski definition) is 5. The Morgan fingerprint density at radius 1 is 0.913 bits per heavy atom. The van der Waals surface area contributed by atoms with E-state index in [4.69, 9.17) is 4.42 Å². The average molecular weight is 304 g/mol. The maximum absolute atomic E-state index is 11.2. The quantitative estimate of drug-likeness (QED) is 0.606. The molecule has 0 aliphatic rings. The Labute approximate surface area is 130 Å². The molecule has 0 spiro atoms. The van der Waals surface area contributed by atoms with Crippen LogP contribution in [0.2, 0.25) is 0 Å². The monoisotopic (exact) mass is 304 g/mol. The van der Waals surface area contributed by atoms with Crippen LogP contribution in [0.1, 0.15) is 0 Å². The molecule has 0 saturated carbocycles. The van der Waals surface area contributed by atoms with Crippen LogP contribution in [0.4, 0.5) is 11.4 Å². The molecule has 0 aliphatic carbocycles. The fraction of sp³-hybridized carbons (Fsp3) is 0. The molecule has 2 N–H and O–H groups in total. The van der Waals surface area contributed by atoms with Gasteiger partial charge in [0.2, 0.25) is 0 Å². The normalized spacial score (nSPS) is 10.8. The molecule has 3 heterocycles. The van der Waals surface area contributed by atoms with Crippen LogP contribution in [-0.4, -0.2) is 15.0 Å². The summed E-state index contributed by atoms with van der Waals surface area (Å²) in [6.07, 6.45) is 6.96. The Bertz CT molecular complexity index is 1020. The smallest absolute Gasteiger partial charge is 0.408 e. The minimum atomic E-state index is -0.455. The summed E-state index contributed by atoms with van der Waals surface area (Å²) in [5.41, 5.74) is 4.86. The highest BCUT2D eigenvalue weighted by molar-refractivity contribution is 5.80. The Hall–Kier alpha value is -3.41. The van der Waals surface area contributed by atoms with Crippen LogP contribution in [0.25, 0.3) is 22.2 Å². The van der Waals surface area contributed by atoms with Crippen LogP contribution >= 0.6 is 0 Å². The Morgan fingerprint density at radius 3 is 2.65 bits per heavy atom. The van der Waals surface area contributed by atoms with Gasteiger partial charge in [-0.1, -0.05) is 6.07 Å². The molecule has 0 radical (unpaired) electrons. The molecular formula is C17H12N4O2. The zero-order valence-electron chi connectivity index (χ0n) is 12.0. The number of oxazole rings is 1. The van der Waals surface area contributed by atoms with Gasteiger partial charge in [-0.25, -0.2) is 4.79 Å². The summed E-state index contributed by atoms with van der Waals surface area (Å²) < 4.78 is 5.10. The molecule has 6 nitrogen and oxygen atoms in total. The summed E-state index contributed by atoms with van der Waals surface area (Å²) in [7, 11) is 0. The van der Waals surface area contributed by atoms with E-state index in [-0.39, 0.29) is 0 Å². The van der Waals surface area contributed by atoms with Gasteiger partial charge < -0.3 is 9.73 Å². The number of nitrogens with one attached hydrogen (secondary N) is 2. The maximum atomic E-state index is 11.2. The number of aromatic nitrogens is 3. The van der Waals surface area contributed by atoms with Gasteiger partial charge >= 0.3 is 5.76 Å². The van der Waals surface area contributed by atoms with Gasteiger partial charge in [-0.2, -0.15) is 0 Å². The van der Waals surface area contributed by atoms with E-state index in [2.05, 4.69) is 20.3 Å². The molecule has 0 bridgehead atoms. The largest absolute Gasteiger partial charge is 0.417 e. The van der Waals surface area contributed by atoms with E-state index in [1.54, 1.807) is 24.8 Å². The Morgan fingerprint density at radius 2 is 1.78 bits per heavy atom. The second kappa shape index (κ2) is 5.42. The molecule has 3 aromatic heterocycles. The van der Waals surface area contributed by atoms with E-state index in [0.29, 0.717) is 11.1 Å². The fourth-order valence-electron chi connectivity index (χ4n) is 2.39. The van der Waals surface area contributed by atoms with E-state index in [1.807, 2.05) is 36.4 Å². The number of anilines is 2. The minimum Gasteiger partial charge on any atom is -0.408 e. The first-order chi connectivity index (χ1) is 11.3. The third-order valence-electron chi connectivity index (χ3n) is 3.46. The summed E-state index contributed by atoms with van der Waals surface area (Å²) in [5, 5.41) is 3.27. The van der Waals surface area contributed by atoms with Gasteiger partial charge in [0, 0.05) is 29.8 Å². The molecule has 0 amide bonds. The van der Waals surface area contributed by atoms with Crippen LogP contribution in [0.5, 0.6) is 0 Å². The van der Waals surface area contributed by atoms with Crippen LogP contribution in [-0.2, 0) is 0 Å². The number of pyridine rings is 2. The number of hydrogen-bond donors (Lipinski definition) is 2. The van der Waals surface area contributed by atoms with Crippen molar-refractivity contribution in [3.63, 3.8) is 0 Å². The molecule has 0 fully saturated rings. The number of H-pyrrole nitrogens is 1. The molecule has 0 atom stereocenters. The van der Waals surface area contributed by atoms with E-state index >= 15 is 0 Å². The number of nitrogens with zero attached hydrogens (tertiary/aromatic N) is 2. The fourth-order valence-corrected chi connectivity index (χ4v) is 2.39. The zero-order chi connectivity index (χ0) is 15.6. The highest BCUT2D eigenvalue weighted by Gasteiger charge is 2.05. The van der Waals surface area contributed by atoms with Gasteiger partial charge in [0.05, 0.1) is 17.4 Å². The van der Waals surface area contributed by atoms with Crippen molar-refractivity contribution >= 4 is 22.5 Å². The van der Waals surface area contributed by atoms with Gasteiger partial charge in [0.15, 0.2) is 5.58 Å². The van der Waals surface area contributed by atoms with Crippen LogP contribution in [0, 0.1) is 0 Å². The van der Waals surface area contributed by atoms with Crippen molar-refractivity contribution in [3.05, 3.63) is 71.7 Å². The number of benzene rings is 1. The predicted octanol–water partition coefficient (Wildman–Crippen LogP) is 3.32. The molecule has 0 unspecified atom stereocenters. The van der Waals surface area contributed by atoms with Crippen molar-refractivity contribution in [3.8, 4) is 11.1 Å². The Kier molecular flexibility index (Phi) is 3.12. The third kappa shape index (κ3) is 2.69. The second-order valence-electron chi connectivity index (χ2n) is 5.05. The summed E-state index contributed by atoms with van der Waals surface area (Å²) in [6, 6.07) is 11.3. The minimum absolute atomic E-state index is 0.455. The van der Waals surface area contributed by atoms with E-state index in [9.17, 15) is 4.79 Å². The predicted molar refractivity (Wildman–Crippen MR) is 87.6 cm³/mol. The van der Waals surface area contributed by atoms with Gasteiger partial charge in [-0.15, -0.1) is 0 Å². The number of aromatic amines is 1. The lowest BCUT2D eigenvalue weighted by Crippen LogP contribution is -1.92. The van der Waals surface area contributed by atoms with Crippen molar-refractivity contribution in [2.45, 2.75) is 0 Å². The maximum Gasteiger partial charge on any atom is 0.417 e. The van der Waals surface area contributed by atoms with E-state index in [0.717, 1.165) is 22.5 Å². The summed E-state index contributed by atoms with van der Waals surface area (Å²) in [5.74, 6) is -0.455. The summed E-state index contributed by atoms with van der Waals surface area (Å²) >= 11 is 0. The summed E-state index contributed by atoms with van der Waals surface area (Å²) in [4.78, 5) is 22.1. The van der Waals surface area contributed by atoms with E-state index in [1.165, 1.54) is 0 Å². The average Bonchev–Trinajstić information content (AvgIpc) is 2.95. The molecule has 4 rings (SSSR count). The first kappa shape index (κ1) is 13.3. The van der Waals surface area contributed by atoms with Crippen LogP contribution < -0.4 is 11.1 Å². The first-order valence-electron chi connectivity index (χ1n) is 7.03.